The first kappa shape index (κ1) is 13.3. The fourth-order valence-corrected chi connectivity index (χ4v) is 2.15. The molecule has 0 heterocycles. The third-order valence-electron chi connectivity index (χ3n) is 2.65. The second-order valence-corrected chi connectivity index (χ2v) is 4.76. The summed E-state index contributed by atoms with van der Waals surface area (Å²) in [5, 5.41) is 9.73. The van der Waals surface area contributed by atoms with Gasteiger partial charge in [0.25, 0.3) is 0 Å². The zero-order valence-corrected chi connectivity index (χ0v) is 11.0. The number of hydrogen-bond donors (Lipinski definition) is 1. The van der Waals surface area contributed by atoms with Crippen molar-refractivity contribution in [3.05, 3.63) is 57.8 Å². The fraction of sp³-hybridized carbons (Fsp3) is 0.143. The smallest absolute Gasteiger partial charge is 0.132 e. The van der Waals surface area contributed by atoms with Crippen LogP contribution in [0.2, 0.25) is 10.0 Å². The van der Waals surface area contributed by atoms with Gasteiger partial charge in [0.2, 0.25) is 0 Å². The number of aliphatic hydroxyl groups is 1. The average molecular weight is 285 g/mol. The molecular weight excluding hydrogens is 274 g/mol. The molecule has 1 nitrogen and oxygen atoms in total. The third kappa shape index (κ3) is 2.83. The number of benzene rings is 2. The monoisotopic (exact) mass is 284 g/mol. The van der Waals surface area contributed by atoms with Gasteiger partial charge in [-0.15, -0.1) is 0 Å². The van der Waals surface area contributed by atoms with E-state index in [0.717, 1.165) is 5.56 Å². The van der Waals surface area contributed by atoms with E-state index < -0.39 is 5.82 Å². The van der Waals surface area contributed by atoms with Crippen molar-refractivity contribution in [2.45, 2.75) is 6.42 Å². The topological polar surface area (TPSA) is 20.2 Å². The van der Waals surface area contributed by atoms with Crippen molar-refractivity contribution >= 4 is 23.2 Å². The van der Waals surface area contributed by atoms with Gasteiger partial charge in [-0.2, -0.15) is 0 Å². The zero-order chi connectivity index (χ0) is 13.1. The Morgan fingerprint density at radius 2 is 1.78 bits per heavy atom. The highest BCUT2D eigenvalue weighted by Crippen LogP contribution is 2.32. The van der Waals surface area contributed by atoms with E-state index in [2.05, 4.69) is 0 Å². The maximum atomic E-state index is 13.8. The molecule has 0 saturated heterocycles. The van der Waals surface area contributed by atoms with Crippen LogP contribution in [0, 0.1) is 5.82 Å². The van der Waals surface area contributed by atoms with Gasteiger partial charge in [-0.3, -0.25) is 0 Å². The molecule has 2 rings (SSSR count). The van der Waals surface area contributed by atoms with E-state index in [-0.39, 0.29) is 6.61 Å². The summed E-state index contributed by atoms with van der Waals surface area (Å²) in [6.45, 7) is 0.0458. The summed E-state index contributed by atoms with van der Waals surface area (Å²) in [5.74, 6) is -0.412. The first-order chi connectivity index (χ1) is 8.61. The van der Waals surface area contributed by atoms with Gasteiger partial charge in [-0.1, -0.05) is 29.3 Å². The summed E-state index contributed by atoms with van der Waals surface area (Å²) in [6.07, 6.45) is 0.513. The highest BCUT2D eigenvalue weighted by atomic mass is 35.5. The van der Waals surface area contributed by atoms with Gasteiger partial charge in [0.05, 0.1) is 0 Å². The average Bonchev–Trinajstić information content (AvgIpc) is 2.33. The van der Waals surface area contributed by atoms with E-state index in [1.807, 2.05) is 6.07 Å². The molecule has 0 saturated carbocycles. The second kappa shape index (κ2) is 5.70. The van der Waals surface area contributed by atoms with Crippen LogP contribution in [0.5, 0.6) is 0 Å². The maximum Gasteiger partial charge on any atom is 0.132 e. The van der Waals surface area contributed by atoms with Crippen LogP contribution in [0.25, 0.3) is 11.1 Å². The maximum absolute atomic E-state index is 13.8. The van der Waals surface area contributed by atoms with Gasteiger partial charge in [0, 0.05) is 27.8 Å². The first-order valence-corrected chi connectivity index (χ1v) is 6.22. The SMILES string of the molecule is OCCc1ccc(Cl)c(-c2ccc(Cl)cc2F)c1. The Balaban J connectivity index is 2.51. The van der Waals surface area contributed by atoms with E-state index in [1.165, 1.54) is 6.07 Å². The normalized spacial score (nSPS) is 10.7. The molecule has 0 unspecified atom stereocenters. The Hall–Kier alpha value is -1.09. The van der Waals surface area contributed by atoms with Crippen molar-refractivity contribution in [1.29, 1.82) is 0 Å². The largest absolute Gasteiger partial charge is 0.396 e. The van der Waals surface area contributed by atoms with Crippen LogP contribution in [0.4, 0.5) is 4.39 Å². The summed E-state index contributed by atoms with van der Waals surface area (Å²) in [4.78, 5) is 0. The Bertz CT molecular complexity index is 570. The molecule has 0 aliphatic carbocycles. The van der Waals surface area contributed by atoms with E-state index in [9.17, 15) is 4.39 Å². The Morgan fingerprint density at radius 1 is 1.00 bits per heavy atom. The van der Waals surface area contributed by atoms with Gasteiger partial charge in [0.15, 0.2) is 0 Å². The van der Waals surface area contributed by atoms with Crippen molar-refractivity contribution in [3.8, 4) is 11.1 Å². The lowest BCUT2D eigenvalue weighted by Gasteiger charge is -2.08. The number of aliphatic hydroxyl groups excluding tert-OH is 1. The van der Waals surface area contributed by atoms with Gasteiger partial charge >= 0.3 is 0 Å². The lowest BCUT2D eigenvalue weighted by atomic mass is 10.0. The van der Waals surface area contributed by atoms with Crippen molar-refractivity contribution in [3.63, 3.8) is 0 Å². The molecule has 0 radical (unpaired) electrons. The van der Waals surface area contributed by atoms with Gasteiger partial charge in [-0.05, 0) is 42.3 Å². The minimum Gasteiger partial charge on any atom is -0.396 e. The Morgan fingerprint density at radius 3 is 2.44 bits per heavy atom. The number of rotatable bonds is 3. The molecule has 94 valence electrons. The van der Waals surface area contributed by atoms with E-state index in [1.54, 1.807) is 24.3 Å². The van der Waals surface area contributed by atoms with Crippen molar-refractivity contribution in [2.75, 3.05) is 6.61 Å². The highest BCUT2D eigenvalue weighted by Gasteiger charge is 2.10. The number of halogens is 3. The Labute approximate surface area is 115 Å². The second-order valence-electron chi connectivity index (χ2n) is 3.91. The van der Waals surface area contributed by atoms with E-state index in [0.29, 0.717) is 27.6 Å². The molecule has 0 fully saturated rings. The molecule has 0 aliphatic rings. The van der Waals surface area contributed by atoms with Gasteiger partial charge in [-0.25, -0.2) is 4.39 Å². The molecule has 0 amide bonds. The van der Waals surface area contributed by atoms with Crippen LogP contribution >= 0.6 is 23.2 Å². The molecular formula is C14H11Cl2FO. The summed E-state index contributed by atoms with van der Waals surface area (Å²) in [6, 6.07) is 9.78. The lowest BCUT2D eigenvalue weighted by molar-refractivity contribution is 0.299. The minimum atomic E-state index is -0.412. The summed E-state index contributed by atoms with van der Waals surface area (Å²) >= 11 is 11.8. The predicted molar refractivity (Wildman–Crippen MR) is 72.6 cm³/mol. The molecule has 0 spiro atoms. The van der Waals surface area contributed by atoms with Crippen molar-refractivity contribution in [2.24, 2.45) is 0 Å². The highest BCUT2D eigenvalue weighted by molar-refractivity contribution is 6.33. The molecule has 4 heteroatoms. The van der Waals surface area contributed by atoms with Crippen LogP contribution in [0.15, 0.2) is 36.4 Å². The molecule has 1 N–H and O–H groups in total. The van der Waals surface area contributed by atoms with Gasteiger partial charge in [0.1, 0.15) is 5.82 Å². The first-order valence-electron chi connectivity index (χ1n) is 5.46. The van der Waals surface area contributed by atoms with Crippen LogP contribution in [-0.2, 0) is 6.42 Å². The molecule has 0 aliphatic heterocycles. The van der Waals surface area contributed by atoms with Crippen LogP contribution in [0.1, 0.15) is 5.56 Å². The summed E-state index contributed by atoms with van der Waals surface area (Å²) in [7, 11) is 0. The van der Waals surface area contributed by atoms with Gasteiger partial charge < -0.3 is 5.11 Å². The van der Waals surface area contributed by atoms with Crippen LogP contribution in [0.3, 0.4) is 0 Å². The lowest BCUT2D eigenvalue weighted by Crippen LogP contribution is -1.92. The van der Waals surface area contributed by atoms with E-state index in [4.69, 9.17) is 28.3 Å². The predicted octanol–water partition coefficient (Wildman–Crippen LogP) is 4.33. The summed E-state index contributed by atoms with van der Waals surface area (Å²) < 4.78 is 13.8. The molecule has 2 aromatic carbocycles. The van der Waals surface area contributed by atoms with Crippen molar-refractivity contribution in [1.82, 2.24) is 0 Å². The summed E-state index contributed by atoms with van der Waals surface area (Å²) in [5.41, 5.74) is 1.92. The van der Waals surface area contributed by atoms with E-state index >= 15 is 0 Å². The third-order valence-corrected chi connectivity index (χ3v) is 3.22. The zero-order valence-electron chi connectivity index (χ0n) is 9.46. The molecule has 0 atom stereocenters. The van der Waals surface area contributed by atoms with Crippen molar-refractivity contribution < 1.29 is 9.50 Å². The standard InChI is InChI=1S/C14H11Cl2FO/c15-10-2-3-11(14(17)8-10)12-7-9(5-6-18)1-4-13(12)16/h1-4,7-8,18H,5-6H2. The number of hydrogen-bond acceptors (Lipinski definition) is 1. The minimum absolute atomic E-state index is 0.0458. The molecule has 18 heavy (non-hydrogen) atoms. The molecule has 0 aromatic heterocycles. The fourth-order valence-electron chi connectivity index (χ4n) is 1.77. The quantitative estimate of drug-likeness (QED) is 0.889. The van der Waals surface area contributed by atoms with Crippen LogP contribution < -0.4 is 0 Å². The van der Waals surface area contributed by atoms with Crippen LogP contribution in [-0.4, -0.2) is 11.7 Å². The molecule has 2 aromatic rings. The molecule has 0 bridgehead atoms. The Kier molecular flexibility index (Phi) is 4.23.